The van der Waals surface area contributed by atoms with Gasteiger partial charge in [0.1, 0.15) is 0 Å². The molecule has 2 aliphatic heterocycles. The number of hydrogen-bond acceptors (Lipinski definition) is 5. The predicted molar refractivity (Wildman–Crippen MR) is 81.1 cm³/mol. The zero-order valence-electron chi connectivity index (χ0n) is 12.9. The van der Waals surface area contributed by atoms with Crippen LogP contribution in [-0.4, -0.2) is 44.1 Å². The van der Waals surface area contributed by atoms with Crippen molar-refractivity contribution in [2.45, 2.75) is 45.1 Å². The van der Waals surface area contributed by atoms with E-state index in [2.05, 4.69) is 43.9 Å². The van der Waals surface area contributed by atoms with Crippen molar-refractivity contribution in [2.24, 2.45) is 0 Å². The molecule has 0 amide bonds. The van der Waals surface area contributed by atoms with Gasteiger partial charge >= 0.3 is 0 Å². The summed E-state index contributed by atoms with van der Waals surface area (Å²) in [5.41, 5.74) is 3.51. The van der Waals surface area contributed by atoms with Gasteiger partial charge in [0.25, 0.3) is 0 Å². The number of pyridine rings is 1. The fourth-order valence-electron chi connectivity index (χ4n) is 3.38. The molecule has 0 aliphatic carbocycles. The summed E-state index contributed by atoms with van der Waals surface area (Å²) in [5.74, 6) is 0. The van der Waals surface area contributed by atoms with Gasteiger partial charge in [-0.2, -0.15) is 0 Å². The Balaban J connectivity index is 1.42. The van der Waals surface area contributed by atoms with E-state index in [0.717, 1.165) is 43.9 Å². The van der Waals surface area contributed by atoms with E-state index in [1.807, 2.05) is 12.4 Å². The van der Waals surface area contributed by atoms with Gasteiger partial charge in [-0.15, -0.1) is 5.10 Å². The number of nitrogens with zero attached hydrogens (tertiary/aromatic N) is 5. The molecule has 0 aromatic carbocycles. The Morgan fingerprint density at radius 1 is 1.32 bits per heavy atom. The molecule has 6 heteroatoms. The van der Waals surface area contributed by atoms with Gasteiger partial charge in [-0.1, -0.05) is 18.2 Å². The Kier molecular flexibility index (Phi) is 3.63. The molecule has 2 aromatic heterocycles. The summed E-state index contributed by atoms with van der Waals surface area (Å²) in [6.07, 6.45) is 6.09. The Hall–Kier alpha value is -1.79. The molecule has 22 heavy (non-hydrogen) atoms. The Morgan fingerprint density at radius 2 is 2.27 bits per heavy atom. The minimum Gasteiger partial charge on any atom is -0.368 e. The predicted octanol–water partition coefficient (Wildman–Crippen LogP) is 1.58. The van der Waals surface area contributed by atoms with Crippen LogP contribution in [0.2, 0.25) is 0 Å². The topological polar surface area (TPSA) is 56.1 Å². The Labute approximate surface area is 130 Å². The lowest BCUT2D eigenvalue weighted by Gasteiger charge is -2.40. The number of ether oxygens (including phenoxy) is 1. The second-order valence-corrected chi connectivity index (χ2v) is 6.12. The first-order valence-corrected chi connectivity index (χ1v) is 8.00. The summed E-state index contributed by atoms with van der Waals surface area (Å²) in [5, 5.41) is 8.23. The van der Waals surface area contributed by atoms with Gasteiger partial charge in [0.05, 0.1) is 36.3 Å². The summed E-state index contributed by atoms with van der Waals surface area (Å²) in [6.45, 7) is 5.63. The van der Waals surface area contributed by atoms with Crippen molar-refractivity contribution in [3.63, 3.8) is 0 Å². The molecule has 2 aliphatic rings. The molecule has 4 rings (SSSR count). The number of fused-ring (bicyclic) bond motifs is 3. The fourth-order valence-corrected chi connectivity index (χ4v) is 3.38. The van der Waals surface area contributed by atoms with Crippen LogP contribution < -0.4 is 0 Å². The Bertz CT molecular complexity index is 638. The molecule has 1 saturated heterocycles. The molecule has 0 unspecified atom stereocenters. The van der Waals surface area contributed by atoms with Crippen LogP contribution in [0.25, 0.3) is 0 Å². The zero-order valence-corrected chi connectivity index (χ0v) is 12.9. The van der Waals surface area contributed by atoms with Crippen LogP contribution in [-0.2, 0) is 24.3 Å². The van der Waals surface area contributed by atoms with E-state index in [1.165, 1.54) is 5.56 Å². The molecule has 0 N–H and O–H groups in total. The van der Waals surface area contributed by atoms with Crippen molar-refractivity contribution in [1.29, 1.82) is 0 Å². The van der Waals surface area contributed by atoms with Crippen molar-refractivity contribution < 1.29 is 4.74 Å². The maximum absolute atomic E-state index is 6.01. The highest BCUT2D eigenvalue weighted by Gasteiger charge is 2.36. The third-order valence-electron chi connectivity index (χ3n) is 4.70. The van der Waals surface area contributed by atoms with Gasteiger partial charge in [-0.25, -0.2) is 4.68 Å². The molecule has 0 bridgehead atoms. The van der Waals surface area contributed by atoms with E-state index in [9.17, 15) is 0 Å². The lowest BCUT2D eigenvalue weighted by atomic mass is 10.00. The van der Waals surface area contributed by atoms with Crippen LogP contribution in [0.1, 0.15) is 36.3 Å². The summed E-state index contributed by atoms with van der Waals surface area (Å²) in [4.78, 5) is 6.99. The van der Waals surface area contributed by atoms with Gasteiger partial charge < -0.3 is 4.74 Å². The molecule has 0 saturated carbocycles. The van der Waals surface area contributed by atoms with Crippen LogP contribution in [0.5, 0.6) is 0 Å². The van der Waals surface area contributed by atoms with Gasteiger partial charge in [0.2, 0.25) is 0 Å². The fraction of sp³-hybridized carbons (Fsp3) is 0.562. The highest BCUT2D eigenvalue weighted by atomic mass is 16.5. The zero-order chi connectivity index (χ0) is 14.9. The number of aromatic nitrogens is 4. The number of rotatable bonds is 3. The lowest BCUT2D eigenvalue weighted by Crippen LogP contribution is -2.48. The summed E-state index contributed by atoms with van der Waals surface area (Å²) >= 11 is 0. The molecule has 1 fully saturated rings. The molecule has 2 aromatic rings. The minimum absolute atomic E-state index is 0.206. The Morgan fingerprint density at radius 3 is 3.09 bits per heavy atom. The van der Waals surface area contributed by atoms with Crippen molar-refractivity contribution in [3.8, 4) is 0 Å². The first-order valence-electron chi connectivity index (χ1n) is 8.00. The molecular weight excluding hydrogens is 278 g/mol. The lowest BCUT2D eigenvalue weighted by molar-refractivity contribution is -0.0706. The van der Waals surface area contributed by atoms with Crippen LogP contribution in [0, 0.1) is 0 Å². The number of aryl methyl sites for hydroxylation is 1. The molecule has 4 heterocycles. The number of hydrogen-bond donors (Lipinski definition) is 0. The van der Waals surface area contributed by atoms with Crippen LogP contribution in [0.3, 0.4) is 0 Å². The molecule has 2 atom stereocenters. The van der Waals surface area contributed by atoms with E-state index in [4.69, 9.17) is 4.74 Å². The monoisotopic (exact) mass is 299 g/mol. The summed E-state index contributed by atoms with van der Waals surface area (Å²) in [7, 11) is 0. The third-order valence-corrected chi connectivity index (χ3v) is 4.70. The van der Waals surface area contributed by atoms with E-state index in [1.54, 1.807) is 0 Å². The van der Waals surface area contributed by atoms with Gasteiger partial charge in [0, 0.05) is 25.8 Å². The van der Waals surface area contributed by atoms with E-state index < -0.39 is 0 Å². The quantitative estimate of drug-likeness (QED) is 0.861. The van der Waals surface area contributed by atoms with Gasteiger partial charge in [-0.3, -0.25) is 9.88 Å². The average molecular weight is 299 g/mol. The highest BCUT2D eigenvalue weighted by molar-refractivity contribution is 5.14. The second kappa shape index (κ2) is 5.78. The van der Waals surface area contributed by atoms with Gasteiger partial charge in [0.15, 0.2) is 0 Å². The van der Waals surface area contributed by atoms with Crippen LogP contribution in [0.4, 0.5) is 0 Å². The largest absolute Gasteiger partial charge is 0.368 e. The maximum Gasteiger partial charge on any atom is 0.0932 e. The van der Waals surface area contributed by atoms with Crippen molar-refractivity contribution in [1.82, 2.24) is 24.9 Å². The molecular formula is C16H21N5O. The smallest absolute Gasteiger partial charge is 0.0932 e. The van der Waals surface area contributed by atoms with Crippen LogP contribution in [0.15, 0.2) is 24.5 Å². The molecule has 6 nitrogen and oxygen atoms in total. The molecule has 0 spiro atoms. The van der Waals surface area contributed by atoms with Crippen molar-refractivity contribution in [2.75, 3.05) is 13.1 Å². The SMILES string of the molecule is CCc1ccc(CN2CC[C@H]3[C@H](C2)OCc2cnnn23)nc1. The summed E-state index contributed by atoms with van der Waals surface area (Å²) in [6, 6.07) is 4.65. The first kappa shape index (κ1) is 13.8. The molecule has 116 valence electrons. The minimum atomic E-state index is 0.206. The normalized spacial score (nSPS) is 24.8. The third kappa shape index (κ3) is 2.53. The number of likely N-dealkylation sites (tertiary alicyclic amines) is 1. The maximum atomic E-state index is 6.01. The summed E-state index contributed by atoms with van der Waals surface area (Å²) < 4.78 is 8.06. The van der Waals surface area contributed by atoms with Gasteiger partial charge in [-0.05, 0) is 24.5 Å². The highest BCUT2D eigenvalue weighted by Crippen LogP contribution is 2.30. The van der Waals surface area contributed by atoms with E-state index in [-0.39, 0.29) is 6.10 Å². The molecule has 0 radical (unpaired) electrons. The van der Waals surface area contributed by atoms with Crippen molar-refractivity contribution in [3.05, 3.63) is 41.5 Å². The second-order valence-electron chi connectivity index (χ2n) is 6.12. The van der Waals surface area contributed by atoms with Crippen molar-refractivity contribution >= 4 is 0 Å². The van der Waals surface area contributed by atoms with Crippen LogP contribution >= 0.6 is 0 Å². The first-order chi connectivity index (χ1) is 10.8. The standard InChI is InChI=1S/C16H21N5O/c1-2-12-3-4-13(17-7-12)9-20-6-5-15-16(10-20)22-11-14-8-18-19-21(14)15/h3-4,7-8,15-16H,2,5-6,9-11H2,1H3/t15-,16-/m0/s1. The van der Waals surface area contributed by atoms with E-state index >= 15 is 0 Å². The van der Waals surface area contributed by atoms with E-state index in [0.29, 0.717) is 12.6 Å². The average Bonchev–Trinajstić information content (AvgIpc) is 3.04. The number of piperidine rings is 1.